The quantitative estimate of drug-likeness (QED) is 0.596. The van der Waals surface area contributed by atoms with Crippen LogP contribution >= 0.6 is 11.6 Å². The van der Waals surface area contributed by atoms with E-state index in [0.717, 1.165) is 5.56 Å². The van der Waals surface area contributed by atoms with Gasteiger partial charge >= 0.3 is 6.09 Å². The Labute approximate surface area is 169 Å². The summed E-state index contributed by atoms with van der Waals surface area (Å²) in [4.78, 5) is 12.4. The van der Waals surface area contributed by atoms with Gasteiger partial charge in [0.05, 0.1) is 0 Å². The van der Waals surface area contributed by atoms with Crippen LogP contribution in [0.5, 0.6) is 0 Å². The van der Waals surface area contributed by atoms with E-state index in [1.54, 1.807) is 24.3 Å². The first-order valence-corrected chi connectivity index (χ1v) is 9.38. The van der Waals surface area contributed by atoms with Gasteiger partial charge in [0.1, 0.15) is 12.6 Å². The fourth-order valence-corrected chi connectivity index (χ4v) is 3.76. The van der Waals surface area contributed by atoms with Crippen LogP contribution < -0.4 is 5.32 Å². The van der Waals surface area contributed by atoms with Gasteiger partial charge in [0.2, 0.25) is 0 Å². The highest BCUT2D eigenvalue weighted by Crippen LogP contribution is 2.44. The number of alkyl carbamates (subject to hydrolysis) is 1. The average Bonchev–Trinajstić information content (AvgIpc) is 3.05. The third-order valence-electron chi connectivity index (χ3n) is 4.98. The Kier molecular flexibility index (Phi) is 5.06. The molecule has 0 heterocycles. The number of halogens is 1. The van der Waals surface area contributed by atoms with Crippen molar-refractivity contribution in [1.29, 1.82) is 0 Å². The zero-order valence-corrected chi connectivity index (χ0v) is 15.8. The molecule has 0 fully saturated rings. The van der Waals surface area contributed by atoms with Crippen LogP contribution in [-0.2, 0) is 4.74 Å². The number of ether oxygens (including phenoxy) is 1. The minimum atomic E-state index is -0.576. The van der Waals surface area contributed by atoms with Crippen molar-refractivity contribution in [2.45, 2.75) is 12.0 Å². The Bertz CT molecular complexity index is 1010. The van der Waals surface area contributed by atoms with Gasteiger partial charge in [-0.15, -0.1) is 6.42 Å². The summed E-state index contributed by atoms with van der Waals surface area (Å²) in [5.74, 6) is 2.58. The largest absolute Gasteiger partial charge is 0.449 e. The molecular weight excluding hydrogens is 370 g/mol. The van der Waals surface area contributed by atoms with Gasteiger partial charge in [-0.2, -0.15) is 0 Å². The minimum Gasteiger partial charge on any atom is -0.449 e. The Hall–Kier alpha value is -3.22. The Morgan fingerprint density at radius 2 is 1.57 bits per heavy atom. The summed E-state index contributed by atoms with van der Waals surface area (Å²) >= 11 is 5.91. The van der Waals surface area contributed by atoms with Crippen LogP contribution in [0.15, 0.2) is 72.8 Å². The molecule has 4 heteroatoms. The molecule has 0 radical (unpaired) electrons. The molecule has 1 atom stereocenters. The molecule has 1 N–H and O–H groups in total. The summed E-state index contributed by atoms with van der Waals surface area (Å²) in [6, 6.07) is 22.9. The van der Waals surface area contributed by atoms with Crippen LogP contribution in [0, 0.1) is 12.3 Å². The second-order valence-electron chi connectivity index (χ2n) is 6.62. The first-order chi connectivity index (χ1) is 13.7. The highest BCUT2D eigenvalue weighted by molar-refractivity contribution is 6.30. The van der Waals surface area contributed by atoms with Crippen molar-refractivity contribution in [2.75, 3.05) is 6.61 Å². The molecule has 1 aliphatic carbocycles. The molecule has 3 aromatic carbocycles. The van der Waals surface area contributed by atoms with Gasteiger partial charge in [-0.3, -0.25) is 0 Å². The lowest BCUT2D eigenvalue weighted by Crippen LogP contribution is -2.29. The Morgan fingerprint density at radius 1 is 1.00 bits per heavy atom. The summed E-state index contributed by atoms with van der Waals surface area (Å²) in [7, 11) is 0. The van der Waals surface area contributed by atoms with Crippen LogP contribution in [0.4, 0.5) is 4.79 Å². The van der Waals surface area contributed by atoms with E-state index in [1.165, 1.54) is 22.3 Å². The van der Waals surface area contributed by atoms with E-state index in [9.17, 15) is 4.79 Å². The number of benzene rings is 3. The molecule has 0 aliphatic heterocycles. The normalized spacial score (nSPS) is 13.1. The van der Waals surface area contributed by atoms with Gasteiger partial charge < -0.3 is 10.1 Å². The van der Waals surface area contributed by atoms with Crippen molar-refractivity contribution in [3.8, 4) is 23.5 Å². The van der Waals surface area contributed by atoms with Gasteiger partial charge in [-0.25, -0.2) is 4.79 Å². The molecule has 1 aliphatic rings. The van der Waals surface area contributed by atoms with Crippen LogP contribution in [0.2, 0.25) is 5.02 Å². The molecule has 28 heavy (non-hydrogen) atoms. The molecule has 1 unspecified atom stereocenters. The maximum Gasteiger partial charge on any atom is 0.408 e. The third kappa shape index (κ3) is 3.47. The van der Waals surface area contributed by atoms with Crippen molar-refractivity contribution in [2.24, 2.45) is 0 Å². The number of fused-ring (bicyclic) bond motifs is 3. The SMILES string of the molecule is C#CC(NC(=O)OCC1c2ccccc2-c2ccccc21)c1ccc(Cl)cc1. The molecule has 0 aromatic heterocycles. The number of rotatable bonds is 4. The van der Waals surface area contributed by atoms with Crippen LogP contribution in [0.3, 0.4) is 0 Å². The van der Waals surface area contributed by atoms with E-state index in [2.05, 4.69) is 35.5 Å². The molecule has 138 valence electrons. The fraction of sp³-hybridized carbons (Fsp3) is 0.125. The fourth-order valence-electron chi connectivity index (χ4n) is 3.63. The summed E-state index contributed by atoms with van der Waals surface area (Å²) in [5, 5.41) is 3.35. The highest BCUT2D eigenvalue weighted by Gasteiger charge is 2.29. The molecule has 4 rings (SSSR count). The molecule has 1 amide bonds. The number of hydrogen-bond acceptors (Lipinski definition) is 2. The lowest BCUT2D eigenvalue weighted by molar-refractivity contribution is 0.141. The average molecular weight is 388 g/mol. The standard InChI is InChI=1S/C24H18ClNO2/c1-2-23(16-11-13-17(25)14-12-16)26-24(27)28-15-22-20-9-5-3-7-18(20)19-8-4-6-10-21(19)22/h1,3-14,22-23H,15H2,(H,26,27). The molecule has 0 saturated heterocycles. The van der Waals surface area contributed by atoms with E-state index in [0.29, 0.717) is 5.02 Å². The van der Waals surface area contributed by atoms with Crippen LogP contribution in [-0.4, -0.2) is 12.7 Å². The van der Waals surface area contributed by atoms with Crippen molar-refractivity contribution in [3.63, 3.8) is 0 Å². The maximum atomic E-state index is 12.4. The van der Waals surface area contributed by atoms with E-state index in [1.807, 2.05) is 24.3 Å². The number of amides is 1. The van der Waals surface area contributed by atoms with Gasteiger partial charge in [0, 0.05) is 10.9 Å². The van der Waals surface area contributed by atoms with Gasteiger partial charge in [0.25, 0.3) is 0 Å². The van der Waals surface area contributed by atoms with Crippen molar-refractivity contribution < 1.29 is 9.53 Å². The zero-order valence-electron chi connectivity index (χ0n) is 15.1. The summed E-state index contributed by atoms with van der Waals surface area (Å²) < 4.78 is 5.55. The van der Waals surface area contributed by atoms with Crippen LogP contribution in [0.25, 0.3) is 11.1 Å². The van der Waals surface area contributed by atoms with E-state index >= 15 is 0 Å². The third-order valence-corrected chi connectivity index (χ3v) is 5.23. The number of nitrogens with one attached hydrogen (secondary N) is 1. The van der Waals surface area contributed by atoms with E-state index in [-0.39, 0.29) is 12.5 Å². The summed E-state index contributed by atoms with van der Waals surface area (Å²) in [6.45, 7) is 0.248. The predicted molar refractivity (Wildman–Crippen MR) is 111 cm³/mol. The number of carbonyl (C=O) groups is 1. The molecule has 0 spiro atoms. The first-order valence-electron chi connectivity index (χ1n) is 9.00. The smallest absolute Gasteiger partial charge is 0.408 e. The maximum absolute atomic E-state index is 12.4. The highest BCUT2D eigenvalue weighted by atomic mass is 35.5. The van der Waals surface area contributed by atoms with Gasteiger partial charge in [-0.05, 0) is 39.9 Å². The number of hydrogen-bond donors (Lipinski definition) is 1. The first kappa shape index (κ1) is 18.2. The number of terminal acetylenes is 1. The van der Waals surface area contributed by atoms with Gasteiger partial charge in [-0.1, -0.05) is 78.2 Å². The Balaban J connectivity index is 1.46. The van der Waals surface area contributed by atoms with Crippen LogP contribution in [0.1, 0.15) is 28.7 Å². The predicted octanol–water partition coefficient (Wildman–Crippen LogP) is 5.55. The molecule has 3 aromatic rings. The minimum absolute atomic E-state index is 0.0120. The van der Waals surface area contributed by atoms with Gasteiger partial charge in [0.15, 0.2) is 0 Å². The second kappa shape index (κ2) is 7.80. The van der Waals surface area contributed by atoms with Crippen molar-refractivity contribution >= 4 is 17.7 Å². The Morgan fingerprint density at radius 3 is 2.14 bits per heavy atom. The van der Waals surface area contributed by atoms with Crippen molar-refractivity contribution in [3.05, 3.63) is 94.5 Å². The summed E-state index contributed by atoms with van der Waals surface area (Å²) in [5.41, 5.74) is 5.50. The summed E-state index contributed by atoms with van der Waals surface area (Å²) in [6.07, 6.45) is 5.04. The van der Waals surface area contributed by atoms with E-state index < -0.39 is 12.1 Å². The molecule has 3 nitrogen and oxygen atoms in total. The lowest BCUT2D eigenvalue weighted by atomic mass is 9.98. The van der Waals surface area contributed by atoms with E-state index in [4.69, 9.17) is 22.8 Å². The van der Waals surface area contributed by atoms with Crippen molar-refractivity contribution in [1.82, 2.24) is 5.32 Å². The monoisotopic (exact) mass is 387 g/mol. The second-order valence-corrected chi connectivity index (χ2v) is 7.06. The topological polar surface area (TPSA) is 38.3 Å². The lowest BCUT2D eigenvalue weighted by Gasteiger charge is -2.17. The zero-order chi connectivity index (χ0) is 19.5. The molecular formula is C24H18ClNO2. The molecule has 0 bridgehead atoms. The number of carbonyl (C=O) groups excluding carboxylic acids is 1. The molecule has 0 saturated carbocycles.